The summed E-state index contributed by atoms with van der Waals surface area (Å²) in [6.45, 7) is 1.69. The molecule has 0 unspecified atom stereocenters. The van der Waals surface area contributed by atoms with Crippen molar-refractivity contribution in [1.82, 2.24) is 4.98 Å². The van der Waals surface area contributed by atoms with E-state index in [0.29, 0.717) is 15.9 Å². The lowest BCUT2D eigenvalue weighted by Crippen LogP contribution is -2.30. The van der Waals surface area contributed by atoms with Crippen LogP contribution in [0.1, 0.15) is 6.92 Å². The highest BCUT2D eigenvalue weighted by Gasteiger charge is 2.17. The van der Waals surface area contributed by atoms with Crippen molar-refractivity contribution >= 4 is 44.7 Å². The Balaban J connectivity index is 1.45. The number of rotatable bonds is 5. The predicted octanol–water partition coefficient (Wildman–Crippen LogP) is 6.02. The van der Waals surface area contributed by atoms with Gasteiger partial charge in [0.05, 0.1) is 5.69 Å². The van der Waals surface area contributed by atoms with Crippen LogP contribution in [-0.2, 0) is 4.79 Å². The molecular formula is C22H17ClN2O2S. The summed E-state index contributed by atoms with van der Waals surface area (Å²) in [6, 6.07) is 21.4. The van der Waals surface area contributed by atoms with Crippen molar-refractivity contribution in [2.24, 2.45) is 0 Å². The molecule has 0 radical (unpaired) electrons. The maximum Gasteiger partial charge on any atom is 0.266 e. The molecular weight excluding hydrogens is 392 g/mol. The minimum absolute atomic E-state index is 0.264. The van der Waals surface area contributed by atoms with Crippen molar-refractivity contribution in [2.45, 2.75) is 13.0 Å². The van der Waals surface area contributed by atoms with Crippen LogP contribution in [0.15, 0.2) is 72.1 Å². The average molecular weight is 409 g/mol. The second-order valence-corrected chi connectivity index (χ2v) is 7.60. The van der Waals surface area contributed by atoms with E-state index in [0.717, 1.165) is 16.6 Å². The second-order valence-electron chi connectivity index (χ2n) is 6.31. The molecule has 28 heavy (non-hydrogen) atoms. The van der Waals surface area contributed by atoms with Crippen molar-refractivity contribution < 1.29 is 9.53 Å². The first-order valence-electron chi connectivity index (χ1n) is 8.76. The SMILES string of the molecule is C[C@H](Oc1cccc(Cl)c1)C(=O)Nc1nc(-c2ccc3ccccc3c2)cs1. The summed E-state index contributed by atoms with van der Waals surface area (Å²) >= 11 is 7.33. The first-order chi connectivity index (χ1) is 13.6. The molecule has 0 aliphatic rings. The summed E-state index contributed by atoms with van der Waals surface area (Å²) in [7, 11) is 0. The highest BCUT2D eigenvalue weighted by Crippen LogP contribution is 2.28. The number of thiazole rings is 1. The molecule has 1 atom stereocenters. The van der Waals surface area contributed by atoms with E-state index in [-0.39, 0.29) is 5.91 Å². The van der Waals surface area contributed by atoms with Gasteiger partial charge >= 0.3 is 0 Å². The molecule has 1 heterocycles. The average Bonchev–Trinajstić information content (AvgIpc) is 3.16. The number of aromatic nitrogens is 1. The Kier molecular flexibility index (Phi) is 5.28. The number of carbonyl (C=O) groups excluding carboxylic acids is 1. The lowest BCUT2D eigenvalue weighted by atomic mass is 10.1. The Hall–Kier alpha value is -2.89. The number of amides is 1. The monoisotopic (exact) mass is 408 g/mol. The zero-order valence-electron chi connectivity index (χ0n) is 15.1. The van der Waals surface area contributed by atoms with E-state index in [1.807, 2.05) is 23.6 Å². The molecule has 0 spiro atoms. The fraction of sp³-hybridized carbons (Fsp3) is 0.0909. The molecule has 1 aromatic heterocycles. The number of ether oxygens (including phenoxy) is 1. The number of hydrogen-bond acceptors (Lipinski definition) is 4. The normalized spacial score (nSPS) is 11.9. The van der Waals surface area contributed by atoms with Crippen molar-refractivity contribution in [1.29, 1.82) is 0 Å². The van der Waals surface area contributed by atoms with E-state index in [4.69, 9.17) is 16.3 Å². The van der Waals surface area contributed by atoms with E-state index >= 15 is 0 Å². The lowest BCUT2D eigenvalue weighted by Gasteiger charge is -2.13. The summed E-state index contributed by atoms with van der Waals surface area (Å²) in [4.78, 5) is 17.0. The quantitative estimate of drug-likeness (QED) is 0.439. The molecule has 0 bridgehead atoms. The first-order valence-corrected chi connectivity index (χ1v) is 10.0. The van der Waals surface area contributed by atoms with Crippen molar-refractivity contribution in [2.75, 3.05) is 5.32 Å². The summed E-state index contributed by atoms with van der Waals surface area (Å²) < 4.78 is 5.65. The molecule has 1 N–H and O–H groups in total. The van der Waals surface area contributed by atoms with Crippen LogP contribution in [0.3, 0.4) is 0 Å². The van der Waals surface area contributed by atoms with E-state index in [9.17, 15) is 4.79 Å². The van der Waals surface area contributed by atoms with Gasteiger partial charge in [0.15, 0.2) is 11.2 Å². The molecule has 0 fully saturated rings. The van der Waals surface area contributed by atoms with Crippen LogP contribution < -0.4 is 10.1 Å². The van der Waals surface area contributed by atoms with Gasteiger partial charge in [-0.25, -0.2) is 4.98 Å². The third-order valence-corrected chi connectivity index (χ3v) is 5.25. The van der Waals surface area contributed by atoms with Gasteiger partial charge in [-0.3, -0.25) is 10.1 Å². The summed E-state index contributed by atoms with van der Waals surface area (Å²) in [5.74, 6) is 0.283. The van der Waals surface area contributed by atoms with Gasteiger partial charge in [0.25, 0.3) is 5.91 Å². The Morgan fingerprint density at radius 1 is 1.07 bits per heavy atom. The summed E-state index contributed by atoms with van der Waals surface area (Å²) in [5.41, 5.74) is 1.84. The molecule has 6 heteroatoms. The number of benzene rings is 3. The van der Waals surface area contributed by atoms with Gasteiger partial charge in [0.2, 0.25) is 0 Å². The number of hydrogen-bond donors (Lipinski definition) is 1. The largest absolute Gasteiger partial charge is 0.481 e. The van der Waals surface area contributed by atoms with Crippen LogP contribution in [-0.4, -0.2) is 17.0 Å². The predicted molar refractivity (Wildman–Crippen MR) is 115 cm³/mol. The van der Waals surface area contributed by atoms with E-state index < -0.39 is 6.10 Å². The molecule has 0 saturated carbocycles. The minimum atomic E-state index is -0.675. The molecule has 1 amide bonds. The third kappa shape index (κ3) is 4.16. The standard InChI is InChI=1S/C22H17ClN2O2S/c1-14(27-19-8-4-7-18(23)12-19)21(26)25-22-24-20(13-28-22)17-10-9-15-5-2-3-6-16(15)11-17/h2-14H,1H3,(H,24,25,26)/t14-/m0/s1. The zero-order chi connectivity index (χ0) is 19.5. The van der Waals surface area contributed by atoms with Gasteiger partial charge in [-0.05, 0) is 42.0 Å². The van der Waals surface area contributed by atoms with Crippen LogP contribution in [0.25, 0.3) is 22.0 Å². The van der Waals surface area contributed by atoms with Gasteiger partial charge in [-0.2, -0.15) is 0 Å². The number of anilines is 1. The van der Waals surface area contributed by atoms with E-state index in [1.165, 1.54) is 16.7 Å². The number of halogens is 1. The second kappa shape index (κ2) is 8.00. The van der Waals surface area contributed by atoms with Gasteiger partial charge in [-0.15, -0.1) is 11.3 Å². The van der Waals surface area contributed by atoms with Crippen molar-refractivity contribution in [3.05, 3.63) is 77.1 Å². The molecule has 4 rings (SSSR count). The summed E-state index contributed by atoms with van der Waals surface area (Å²) in [6.07, 6.45) is -0.675. The van der Waals surface area contributed by atoms with Crippen LogP contribution in [0.5, 0.6) is 5.75 Å². The molecule has 0 aliphatic heterocycles. The first kappa shape index (κ1) is 18.5. The molecule has 4 nitrogen and oxygen atoms in total. The van der Waals surface area contributed by atoms with Gasteiger partial charge in [0, 0.05) is 16.0 Å². The third-order valence-electron chi connectivity index (χ3n) is 4.26. The molecule has 4 aromatic rings. The van der Waals surface area contributed by atoms with Crippen molar-refractivity contribution in [3.63, 3.8) is 0 Å². The number of carbonyl (C=O) groups is 1. The minimum Gasteiger partial charge on any atom is -0.481 e. The number of nitrogens with one attached hydrogen (secondary N) is 1. The maximum atomic E-state index is 12.4. The van der Waals surface area contributed by atoms with Crippen LogP contribution in [0.2, 0.25) is 5.02 Å². The van der Waals surface area contributed by atoms with Crippen LogP contribution in [0.4, 0.5) is 5.13 Å². The van der Waals surface area contributed by atoms with Gasteiger partial charge in [-0.1, -0.05) is 54.1 Å². The molecule has 0 aliphatic carbocycles. The van der Waals surface area contributed by atoms with Gasteiger partial charge < -0.3 is 4.74 Å². The van der Waals surface area contributed by atoms with E-state index in [2.05, 4.69) is 34.6 Å². The Bertz CT molecular complexity index is 1140. The smallest absolute Gasteiger partial charge is 0.266 e. The number of nitrogens with zero attached hydrogens (tertiary/aromatic N) is 1. The Morgan fingerprint density at radius 3 is 2.71 bits per heavy atom. The highest BCUT2D eigenvalue weighted by atomic mass is 35.5. The number of fused-ring (bicyclic) bond motifs is 1. The Labute approximate surface area is 171 Å². The topological polar surface area (TPSA) is 51.2 Å². The maximum absolute atomic E-state index is 12.4. The fourth-order valence-electron chi connectivity index (χ4n) is 2.82. The lowest BCUT2D eigenvalue weighted by molar-refractivity contribution is -0.122. The fourth-order valence-corrected chi connectivity index (χ4v) is 3.72. The summed E-state index contributed by atoms with van der Waals surface area (Å²) in [5, 5.41) is 8.18. The van der Waals surface area contributed by atoms with Crippen molar-refractivity contribution in [3.8, 4) is 17.0 Å². The van der Waals surface area contributed by atoms with E-state index in [1.54, 1.807) is 31.2 Å². The van der Waals surface area contributed by atoms with Gasteiger partial charge in [0.1, 0.15) is 5.75 Å². The molecule has 3 aromatic carbocycles. The molecule has 0 saturated heterocycles. The zero-order valence-corrected chi connectivity index (χ0v) is 16.6. The van der Waals surface area contributed by atoms with Crippen LogP contribution >= 0.6 is 22.9 Å². The highest BCUT2D eigenvalue weighted by molar-refractivity contribution is 7.14. The Morgan fingerprint density at radius 2 is 1.89 bits per heavy atom. The molecule has 140 valence electrons. The van der Waals surface area contributed by atoms with Crippen LogP contribution in [0, 0.1) is 0 Å².